The van der Waals surface area contributed by atoms with Crippen molar-refractivity contribution < 1.29 is 4.42 Å². The molecule has 0 spiro atoms. The van der Waals surface area contributed by atoms with Gasteiger partial charge in [-0.3, -0.25) is 0 Å². The van der Waals surface area contributed by atoms with Crippen molar-refractivity contribution in [3.8, 4) is 56.2 Å². The summed E-state index contributed by atoms with van der Waals surface area (Å²) in [5.41, 5.74) is 11.2. The molecule has 3 nitrogen and oxygen atoms in total. The molecule has 12 rings (SSSR count). The van der Waals surface area contributed by atoms with Crippen molar-refractivity contribution in [2.45, 2.75) is 0 Å². The van der Waals surface area contributed by atoms with Crippen LogP contribution in [0.2, 0.25) is 0 Å². The van der Waals surface area contributed by atoms with Crippen molar-refractivity contribution in [3.63, 3.8) is 0 Å². The Labute approximate surface area is 340 Å². The van der Waals surface area contributed by atoms with Crippen LogP contribution in [-0.4, -0.2) is 9.97 Å². The Balaban J connectivity index is 1.07. The number of aromatic nitrogens is 2. The highest BCUT2D eigenvalue weighted by Gasteiger charge is 2.19. The van der Waals surface area contributed by atoms with Gasteiger partial charge >= 0.3 is 0 Å². The molecule has 2 aromatic heterocycles. The molecule has 59 heavy (non-hydrogen) atoms. The van der Waals surface area contributed by atoms with E-state index in [0.717, 1.165) is 66.5 Å². The molecular formula is C56H34N2O. The summed E-state index contributed by atoms with van der Waals surface area (Å²) in [6.07, 6.45) is 0. The number of para-hydroxylation sites is 1. The third-order valence-electron chi connectivity index (χ3n) is 11.9. The van der Waals surface area contributed by atoms with E-state index < -0.39 is 0 Å². The van der Waals surface area contributed by atoms with Gasteiger partial charge in [-0.2, -0.15) is 0 Å². The van der Waals surface area contributed by atoms with Crippen LogP contribution in [0.1, 0.15) is 0 Å². The zero-order chi connectivity index (χ0) is 38.9. The molecule has 0 atom stereocenters. The third-order valence-corrected chi connectivity index (χ3v) is 11.9. The molecule has 0 radical (unpaired) electrons. The number of nitrogens with zero attached hydrogens (tertiary/aromatic N) is 2. The van der Waals surface area contributed by atoms with Gasteiger partial charge in [0.25, 0.3) is 0 Å². The largest absolute Gasteiger partial charge is 0.456 e. The summed E-state index contributed by atoms with van der Waals surface area (Å²) < 4.78 is 6.27. The Morgan fingerprint density at radius 3 is 1.80 bits per heavy atom. The molecule has 274 valence electrons. The predicted molar refractivity (Wildman–Crippen MR) is 247 cm³/mol. The summed E-state index contributed by atoms with van der Waals surface area (Å²) in [6, 6.07) is 73.4. The van der Waals surface area contributed by atoms with Crippen LogP contribution in [0.5, 0.6) is 0 Å². The van der Waals surface area contributed by atoms with Crippen molar-refractivity contribution in [2.75, 3.05) is 0 Å². The lowest BCUT2D eigenvalue weighted by Gasteiger charge is -2.17. The predicted octanol–water partition coefficient (Wildman–Crippen LogP) is 15.3. The zero-order valence-electron chi connectivity index (χ0n) is 31.9. The normalized spacial score (nSPS) is 11.7. The van der Waals surface area contributed by atoms with Gasteiger partial charge in [0, 0.05) is 27.5 Å². The van der Waals surface area contributed by atoms with Crippen LogP contribution in [0.3, 0.4) is 0 Å². The molecule has 2 heterocycles. The number of hydrogen-bond donors (Lipinski definition) is 0. The molecule has 10 aromatic carbocycles. The number of rotatable bonds is 5. The fourth-order valence-electron chi connectivity index (χ4n) is 9.16. The molecular weight excluding hydrogens is 717 g/mol. The number of hydrogen-bond acceptors (Lipinski definition) is 3. The Bertz CT molecular complexity index is 3620. The van der Waals surface area contributed by atoms with Crippen molar-refractivity contribution in [1.82, 2.24) is 9.97 Å². The maximum absolute atomic E-state index is 6.27. The van der Waals surface area contributed by atoms with Gasteiger partial charge < -0.3 is 4.42 Å². The molecule has 0 N–H and O–H groups in total. The van der Waals surface area contributed by atoms with E-state index in [9.17, 15) is 0 Å². The van der Waals surface area contributed by atoms with Crippen LogP contribution >= 0.6 is 0 Å². The Morgan fingerprint density at radius 1 is 0.305 bits per heavy atom. The highest BCUT2D eigenvalue weighted by atomic mass is 16.3. The van der Waals surface area contributed by atoms with Crippen molar-refractivity contribution in [2.24, 2.45) is 0 Å². The molecule has 0 unspecified atom stereocenters. The first-order chi connectivity index (χ1) is 29.2. The van der Waals surface area contributed by atoms with E-state index in [1.807, 2.05) is 36.4 Å². The average molecular weight is 751 g/mol. The smallest absolute Gasteiger partial charge is 0.160 e. The lowest BCUT2D eigenvalue weighted by Crippen LogP contribution is -1.97. The van der Waals surface area contributed by atoms with Crippen LogP contribution in [0, 0.1) is 0 Å². The van der Waals surface area contributed by atoms with Crippen molar-refractivity contribution in [1.29, 1.82) is 0 Å². The van der Waals surface area contributed by atoms with Crippen molar-refractivity contribution in [3.05, 3.63) is 206 Å². The fourth-order valence-corrected chi connectivity index (χ4v) is 9.16. The second-order valence-corrected chi connectivity index (χ2v) is 15.2. The van der Waals surface area contributed by atoms with Gasteiger partial charge in [0.1, 0.15) is 11.2 Å². The highest BCUT2D eigenvalue weighted by molar-refractivity contribution is 6.23. The fraction of sp³-hybridized carbons (Fsp3) is 0. The highest BCUT2D eigenvalue weighted by Crippen LogP contribution is 2.44. The lowest BCUT2D eigenvalue weighted by molar-refractivity contribution is 0.669. The molecule has 0 aliphatic carbocycles. The molecule has 0 aliphatic rings. The zero-order valence-corrected chi connectivity index (χ0v) is 31.9. The summed E-state index contributed by atoms with van der Waals surface area (Å²) in [5, 5.41) is 12.0. The van der Waals surface area contributed by atoms with Crippen LogP contribution in [0.25, 0.3) is 121 Å². The molecule has 0 amide bonds. The van der Waals surface area contributed by atoms with Gasteiger partial charge in [-0.05, 0) is 95.7 Å². The Kier molecular flexibility index (Phi) is 7.54. The standard InChI is InChI=1S/C56H34N2O/c1-2-15-36(16-3-1)56-57-50(39-19-12-18-37(32-39)42-25-13-27-53-55(42)48-24-10-11-26-52(48)59-53)34-51(58-56)45-30-31-46(44-23-9-8-22-43(44)45)54-41-21-7-5-17-38(41)33-49-40-20-6-4-14-35(40)28-29-47(49)54/h1-34H. The monoisotopic (exact) mass is 750 g/mol. The van der Waals surface area contributed by atoms with Crippen LogP contribution in [-0.2, 0) is 0 Å². The minimum absolute atomic E-state index is 0.687. The quantitative estimate of drug-likeness (QED) is 0.130. The molecule has 12 aromatic rings. The summed E-state index contributed by atoms with van der Waals surface area (Å²) >= 11 is 0. The lowest BCUT2D eigenvalue weighted by atomic mass is 9.86. The molecule has 0 saturated heterocycles. The van der Waals surface area contributed by atoms with Crippen molar-refractivity contribution >= 4 is 65.0 Å². The van der Waals surface area contributed by atoms with Gasteiger partial charge in [-0.25, -0.2) is 9.97 Å². The van der Waals surface area contributed by atoms with Crippen LogP contribution in [0.15, 0.2) is 211 Å². The second kappa shape index (κ2) is 13.4. The molecule has 0 aliphatic heterocycles. The summed E-state index contributed by atoms with van der Waals surface area (Å²) in [6.45, 7) is 0. The summed E-state index contributed by atoms with van der Waals surface area (Å²) in [5.74, 6) is 0.687. The molecule has 3 heteroatoms. The van der Waals surface area contributed by atoms with Crippen LogP contribution in [0.4, 0.5) is 0 Å². The second-order valence-electron chi connectivity index (χ2n) is 15.2. The number of fused-ring (bicyclic) bond motifs is 8. The molecule has 0 bridgehead atoms. The van der Waals surface area contributed by atoms with E-state index in [0.29, 0.717) is 5.82 Å². The minimum atomic E-state index is 0.687. The van der Waals surface area contributed by atoms with Gasteiger partial charge in [-0.1, -0.05) is 176 Å². The van der Waals surface area contributed by atoms with E-state index in [4.69, 9.17) is 14.4 Å². The first-order valence-corrected chi connectivity index (χ1v) is 20.1. The summed E-state index contributed by atoms with van der Waals surface area (Å²) in [7, 11) is 0. The SMILES string of the molecule is c1ccc(-c2nc(-c3cccc(-c4cccc5oc6ccccc6c45)c3)cc(-c3ccc(-c4c5ccccc5cc5c4ccc4ccccc45)c4ccccc34)n2)cc1. The molecule has 0 saturated carbocycles. The first-order valence-electron chi connectivity index (χ1n) is 20.1. The summed E-state index contributed by atoms with van der Waals surface area (Å²) in [4.78, 5) is 10.6. The van der Waals surface area contributed by atoms with E-state index in [1.165, 1.54) is 48.8 Å². The van der Waals surface area contributed by atoms with E-state index >= 15 is 0 Å². The van der Waals surface area contributed by atoms with Gasteiger partial charge in [0.05, 0.1) is 11.4 Å². The number of benzene rings is 10. The topological polar surface area (TPSA) is 38.9 Å². The van der Waals surface area contributed by atoms with E-state index in [1.54, 1.807) is 0 Å². The van der Waals surface area contributed by atoms with Gasteiger partial charge in [0.15, 0.2) is 5.82 Å². The van der Waals surface area contributed by atoms with Gasteiger partial charge in [-0.15, -0.1) is 0 Å². The van der Waals surface area contributed by atoms with Gasteiger partial charge in [0.2, 0.25) is 0 Å². The third kappa shape index (κ3) is 5.44. The average Bonchev–Trinajstić information content (AvgIpc) is 3.70. The number of furan rings is 1. The maximum atomic E-state index is 6.27. The minimum Gasteiger partial charge on any atom is -0.456 e. The Hall–Kier alpha value is -7.88. The van der Waals surface area contributed by atoms with E-state index in [2.05, 4.69) is 170 Å². The maximum Gasteiger partial charge on any atom is 0.160 e. The molecule has 0 fully saturated rings. The van der Waals surface area contributed by atoms with E-state index in [-0.39, 0.29) is 0 Å². The first kappa shape index (κ1) is 33.3. The Morgan fingerprint density at radius 2 is 0.932 bits per heavy atom. The van der Waals surface area contributed by atoms with Crippen LogP contribution < -0.4 is 0 Å².